The van der Waals surface area contributed by atoms with Gasteiger partial charge in [-0.3, -0.25) is 0 Å². The Morgan fingerprint density at radius 2 is 0.667 bits per heavy atom. The molecule has 0 heterocycles. The Morgan fingerprint density at radius 3 is 0.800 bits per heavy atom. The van der Waals surface area contributed by atoms with Gasteiger partial charge < -0.3 is 0 Å². The van der Waals surface area contributed by atoms with Gasteiger partial charge in [0.1, 0.15) is 0 Å². The lowest BCUT2D eigenvalue weighted by atomic mass is 8.53. The van der Waals surface area contributed by atoms with Crippen LogP contribution in [0, 0.1) is 0 Å². The van der Waals surface area contributed by atoms with E-state index in [9.17, 15) is 0 Å². The first-order valence-corrected chi connectivity index (χ1v) is 4.67. The number of hydrogen-bond donors (Lipinski definition) is 0. The first kappa shape index (κ1) is 16.0. The Morgan fingerprint density at radius 1 is 0.467 bits per heavy atom. The predicted molar refractivity (Wildman–Crippen MR) is 86.3 cm³/mol. The van der Waals surface area contributed by atoms with Crippen molar-refractivity contribution in [3.8, 4) is 0 Å². The third kappa shape index (κ3) is 5.73. The summed E-state index contributed by atoms with van der Waals surface area (Å²) in [5.74, 6) is 0. The molecule has 0 atom stereocenters. The van der Waals surface area contributed by atoms with Crippen LogP contribution in [-0.2, 0) is 0 Å². The van der Waals surface area contributed by atoms with Crippen LogP contribution >= 0.6 is 0 Å². The van der Waals surface area contributed by atoms with Gasteiger partial charge in [0.15, 0.2) is 0 Å². The van der Waals surface area contributed by atoms with Crippen molar-refractivity contribution < 1.29 is 0 Å². The molecular weight excluding hydrogens is 162 g/mol. The van der Waals surface area contributed by atoms with E-state index in [1.807, 2.05) is 0 Å². The van der Waals surface area contributed by atoms with E-state index < -0.39 is 38.3 Å². The molecule has 0 amide bonds. The minimum atomic E-state index is -0.704. The van der Waals surface area contributed by atoms with Crippen LogP contribution in [-0.4, -0.2) is 107 Å². The topological polar surface area (TPSA) is 0 Å². The maximum atomic E-state index is 5.51. The van der Waals surface area contributed by atoms with Gasteiger partial charge >= 0.3 is 0 Å². The van der Waals surface area contributed by atoms with Crippen LogP contribution in [0.3, 0.4) is 0 Å². The second-order valence-corrected chi connectivity index (χ2v) is 3.66. The monoisotopic (exact) mass is 165 g/mol. The molecule has 0 fully saturated rings. The Kier molecular flexibility index (Phi) is 7.81. The lowest BCUT2D eigenvalue weighted by molar-refractivity contribution is 3.47. The Bertz CT molecular complexity index is 119. The van der Waals surface area contributed by atoms with Crippen LogP contribution in [0.5, 0.6) is 0 Å². The van der Waals surface area contributed by atoms with Gasteiger partial charge in [0.2, 0.25) is 0 Å². The lowest BCUT2D eigenvalue weighted by Crippen LogP contribution is -2.67. The second kappa shape index (κ2) is 7.33. The molecule has 17 radical (unpaired) electrons. The van der Waals surface area contributed by atoms with Crippen molar-refractivity contribution in [2.45, 2.75) is 0 Å². The average molecular weight is 162 g/mol. The summed E-state index contributed by atoms with van der Waals surface area (Å²) < 4.78 is 0. The normalized spacial score (nSPS) is 8.80. The van der Waals surface area contributed by atoms with Gasteiger partial charge in [-0.2, -0.15) is 0 Å². The fourth-order valence-corrected chi connectivity index (χ4v) is 1.28. The highest BCUT2D eigenvalue weighted by Gasteiger charge is 2.30. The minimum absolute atomic E-state index is 0.445. The zero-order valence-electron chi connectivity index (χ0n) is 8.66. The maximum absolute atomic E-state index is 5.51. The van der Waals surface area contributed by atoms with E-state index in [4.69, 9.17) is 61.9 Å². The van der Waals surface area contributed by atoms with Gasteiger partial charge in [0.05, 0.1) is 0 Å². The predicted octanol–water partition coefficient (Wildman–Crippen LogP) is -5.71. The number of hydrogen-bond acceptors (Lipinski definition) is 0. The third-order valence-corrected chi connectivity index (χ3v) is 2.22. The van der Waals surface area contributed by atoms with E-state index in [-0.39, 0.29) is 0 Å². The van der Waals surface area contributed by atoms with Crippen LogP contribution in [0.25, 0.3) is 0 Å². The summed E-state index contributed by atoms with van der Waals surface area (Å²) in [6.45, 7) is 0. The lowest BCUT2D eigenvalue weighted by Gasteiger charge is -2.29. The van der Waals surface area contributed by atoms with E-state index in [1.54, 1.807) is 7.06 Å². The average Bonchev–Trinajstić information content (AvgIpc) is 2.01. The molecule has 0 bridgehead atoms. The van der Waals surface area contributed by atoms with Crippen molar-refractivity contribution in [2.24, 2.45) is 0 Å². The summed E-state index contributed by atoms with van der Waals surface area (Å²) in [7, 11) is 45.7. The van der Waals surface area contributed by atoms with Gasteiger partial charge in [-0.05, 0) is 0 Å². The SMILES string of the molecule is [B]B([B])B([B]B(B([B])[B])B([B])[B])B([B])[B]. The zero-order valence-corrected chi connectivity index (χ0v) is 8.66. The largest absolute Gasteiger partial charge is 0 e. The van der Waals surface area contributed by atoms with Crippen molar-refractivity contribution in [3.05, 3.63) is 0 Å². The standard InChI is InChI=1S/B15/c1-10(2)14(11(3)4)9-15(12(5)6)13(7)8. The highest BCUT2D eigenvalue weighted by molar-refractivity contribution is 8.05. The first-order chi connectivity index (χ1) is 6.77. The molecule has 0 rings (SSSR count). The van der Waals surface area contributed by atoms with Crippen LogP contribution in [0.1, 0.15) is 0 Å². The van der Waals surface area contributed by atoms with Crippen molar-refractivity contribution in [2.75, 3.05) is 0 Å². The smallest absolute Gasteiger partial charge is 0 e. The Balaban J connectivity index is 4.48. The van der Waals surface area contributed by atoms with E-state index in [2.05, 4.69) is 0 Å². The summed E-state index contributed by atoms with van der Waals surface area (Å²) in [5, 5.41) is 0. The van der Waals surface area contributed by atoms with Crippen LogP contribution in [0.2, 0.25) is 0 Å². The molecule has 45 valence electrons. The maximum Gasteiger partial charge on any atom is 0 e. The molecule has 0 spiro atoms. The van der Waals surface area contributed by atoms with Crippen molar-refractivity contribution in [1.82, 2.24) is 0 Å². The molecule has 0 aliphatic carbocycles. The third-order valence-electron chi connectivity index (χ3n) is 2.22. The molecule has 0 nitrogen and oxygen atoms in total. The first-order valence-electron chi connectivity index (χ1n) is 4.67. The van der Waals surface area contributed by atoms with E-state index >= 15 is 0 Å². The molecule has 0 N–H and O–H groups in total. The summed E-state index contributed by atoms with van der Waals surface area (Å²) in [6.07, 6.45) is -3.71. The highest BCUT2D eigenvalue weighted by Crippen LogP contribution is 1.92. The van der Waals surface area contributed by atoms with E-state index in [1.165, 1.54) is 0 Å². The molecule has 15 heavy (non-hydrogen) atoms. The molecule has 0 aromatic rings. The van der Waals surface area contributed by atoms with Gasteiger partial charge in [-0.15, -0.1) is 0 Å². The van der Waals surface area contributed by atoms with E-state index in [0.29, 0.717) is 0 Å². The molecule has 0 saturated heterocycles. The Hall–Kier alpha value is 0.974. The van der Waals surface area contributed by atoms with Gasteiger partial charge in [-0.25, -0.2) is 0 Å². The van der Waals surface area contributed by atoms with Gasteiger partial charge in [-0.1, -0.05) is 0 Å². The molecule has 0 aliphatic heterocycles. The molecular formula is B15. The van der Waals surface area contributed by atoms with Gasteiger partial charge in [0.25, 0.3) is 0 Å². The summed E-state index contributed by atoms with van der Waals surface area (Å²) >= 11 is 0. The van der Waals surface area contributed by atoms with Crippen LogP contribution < -0.4 is 0 Å². The Labute approximate surface area is 107 Å². The molecule has 0 aliphatic rings. The minimum Gasteiger partial charge on any atom is 0 e. The van der Waals surface area contributed by atoms with Crippen molar-refractivity contribution in [1.29, 1.82) is 0 Å². The fourth-order valence-electron chi connectivity index (χ4n) is 1.28. The summed E-state index contributed by atoms with van der Waals surface area (Å²) in [5.41, 5.74) is 0. The van der Waals surface area contributed by atoms with Crippen molar-refractivity contribution in [3.63, 3.8) is 0 Å². The van der Waals surface area contributed by atoms with E-state index in [0.717, 1.165) is 0 Å². The second-order valence-electron chi connectivity index (χ2n) is 3.66. The fraction of sp³-hybridized carbons (Fsp3) is 0. The van der Waals surface area contributed by atoms with Crippen LogP contribution in [0.4, 0.5) is 0 Å². The quantitative estimate of drug-likeness (QED) is 0.341. The molecule has 0 unspecified atom stereocenters. The summed E-state index contributed by atoms with van der Waals surface area (Å²) in [6, 6.07) is 0. The zero-order chi connectivity index (χ0) is 12.2. The number of rotatable bonds is 6. The molecule has 0 aromatic carbocycles. The van der Waals surface area contributed by atoms with Crippen molar-refractivity contribution >= 4 is 107 Å². The molecule has 0 saturated carbocycles. The van der Waals surface area contributed by atoms with Gasteiger partial charge in [0, 0.05) is 107 Å². The molecule has 0 aromatic heterocycles. The molecule has 15 heteroatoms. The van der Waals surface area contributed by atoms with Crippen LogP contribution in [0.15, 0.2) is 0 Å². The highest BCUT2D eigenvalue weighted by atomic mass is 13.1. The summed E-state index contributed by atoms with van der Waals surface area (Å²) in [4.78, 5) is 0.